The molecule has 0 atom stereocenters. The van der Waals surface area contributed by atoms with Crippen LogP contribution in [0.15, 0.2) is 84.7 Å². The number of phenols is 1. The zero-order chi connectivity index (χ0) is 22.0. The highest BCUT2D eigenvalue weighted by Gasteiger charge is 2.17. The summed E-state index contributed by atoms with van der Waals surface area (Å²) >= 11 is 0. The minimum Gasteiger partial charge on any atom is -0.508 e. The van der Waals surface area contributed by atoms with E-state index in [0.717, 1.165) is 11.1 Å². The van der Waals surface area contributed by atoms with Crippen LogP contribution in [0, 0.1) is 0 Å². The van der Waals surface area contributed by atoms with Gasteiger partial charge in [0.25, 0.3) is 0 Å². The first-order valence-electron chi connectivity index (χ1n) is 9.22. The summed E-state index contributed by atoms with van der Waals surface area (Å²) in [6.45, 7) is 8.86. The lowest BCUT2D eigenvalue weighted by atomic mass is 10.2. The molecular weight excluding hydrogens is 380 g/mol. The SMILES string of the molecule is C=COC(=C=Cc1ccc(O)cc1)C=C=Cc1ccc(OC(=O)OC(C)(C)C)cc1. The van der Waals surface area contributed by atoms with Gasteiger partial charge in [-0.1, -0.05) is 36.6 Å². The minimum absolute atomic E-state index is 0.198. The van der Waals surface area contributed by atoms with Crippen molar-refractivity contribution in [3.63, 3.8) is 0 Å². The molecule has 0 saturated heterocycles. The average molecular weight is 404 g/mol. The summed E-state index contributed by atoms with van der Waals surface area (Å²) in [5, 5.41) is 9.32. The molecule has 0 saturated carbocycles. The van der Waals surface area contributed by atoms with Crippen LogP contribution in [0.25, 0.3) is 12.2 Å². The van der Waals surface area contributed by atoms with Crippen LogP contribution in [0.1, 0.15) is 31.9 Å². The van der Waals surface area contributed by atoms with Gasteiger partial charge < -0.3 is 19.3 Å². The quantitative estimate of drug-likeness (QED) is 0.203. The summed E-state index contributed by atoms with van der Waals surface area (Å²) < 4.78 is 15.6. The molecule has 0 heterocycles. The standard InChI is InChI=1S/C25H24O5/c1-5-28-22(16-11-20-9-14-21(26)15-10-20)8-6-7-19-12-17-23(18-13-19)29-24(27)30-25(2,3)4/h5,7-15,17-18,26H,1H2,2-4H3. The molecule has 5 nitrogen and oxygen atoms in total. The van der Waals surface area contributed by atoms with E-state index >= 15 is 0 Å². The van der Waals surface area contributed by atoms with Gasteiger partial charge in [0.1, 0.15) is 17.1 Å². The Morgan fingerprint density at radius 1 is 1.00 bits per heavy atom. The molecule has 0 fully saturated rings. The average Bonchev–Trinajstić information content (AvgIpc) is 2.67. The number of allylic oxidation sites excluding steroid dienone is 1. The summed E-state index contributed by atoms with van der Waals surface area (Å²) in [5.74, 6) is 1.00. The molecule has 5 heteroatoms. The van der Waals surface area contributed by atoms with E-state index in [9.17, 15) is 9.90 Å². The van der Waals surface area contributed by atoms with Crippen molar-refractivity contribution in [1.82, 2.24) is 0 Å². The Balaban J connectivity index is 2.08. The zero-order valence-corrected chi connectivity index (χ0v) is 17.2. The summed E-state index contributed by atoms with van der Waals surface area (Å²) in [6.07, 6.45) is 5.63. The summed E-state index contributed by atoms with van der Waals surface area (Å²) in [4.78, 5) is 11.7. The van der Waals surface area contributed by atoms with Gasteiger partial charge in [0.15, 0.2) is 5.76 Å². The molecule has 0 amide bonds. The first kappa shape index (κ1) is 22.4. The topological polar surface area (TPSA) is 65.0 Å². The van der Waals surface area contributed by atoms with Gasteiger partial charge in [-0.05, 0) is 68.3 Å². The van der Waals surface area contributed by atoms with Gasteiger partial charge in [0, 0.05) is 6.08 Å². The van der Waals surface area contributed by atoms with Crippen molar-refractivity contribution in [2.24, 2.45) is 0 Å². The number of phenolic OH excluding ortho intramolecular Hbond substituents is 1. The summed E-state index contributed by atoms with van der Waals surface area (Å²) in [5.41, 5.74) is 7.10. The third kappa shape index (κ3) is 8.41. The van der Waals surface area contributed by atoms with E-state index in [1.807, 2.05) is 0 Å². The second kappa shape index (κ2) is 10.6. The van der Waals surface area contributed by atoms with Gasteiger partial charge in [-0.2, -0.15) is 0 Å². The highest BCUT2D eigenvalue weighted by atomic mass is 16.7. The van der Waals surface area contributed by atoms with Crippen LogP contribution in [0.4, 0.5) is 4.79 Å². The fourth-order valence-corrected chi connectivity index (χ4v) is 2.14. The van der Waals surface area contributed by atoms with Gasteiger partial charge in [-0.15, -0.1) is 5.73 Å². The van der Waals surface area contributed by atoms with Crippen molar-refractivity contribution in [3.8, 4) is 11.5 Å². The molecule has 0 aromatic heterocycles. The van der Waals surface area contributed by atoms with Crippen molar-refractivity contribution in [1.29, 1.82) is 0 Å². The molecule has 1 N–H and O–H groups in total. The number of aromatic hydroxyl groups is 1. The van der Waals surface area contributed by atoms with E-state index in [4.69, 9.17) is 14.2 Å². The van der Waals surface area contributed by atoms with Crippen LogP contribution >= 0.6 is 0 Å². The first-order chi connectivity index (χ1) is 14.2. The highest BCUT2D eigenvalue weighted by molar-refractivity contribution is 5.64. The van der Waals surface area contributed by atoms with Gasteiger partial charge in [-0.25, -0.2) is 4.79 Å². The van der Waals surface area contributed by atoms with Gasteiger partial charge in [0.05, 0.1) is 6.26 Å². The lowest BCUT2D eigenvalue weighted by molar-refractivity contribution is 0.0206. The van der Waals surface area contributed by atoms with Crippen molar-refractivity contribution in [2.75, 3.05) is 0 Å². The van der Waals surface area contributed by atoms with E-state index in [1.165, 1.54) is 6.26 Å². The fourth-order valence-electron chi connectivity index (χ4n) is 2.14. The van der Waals surface area contributed by atoms with Crippen LogP contribution < -0.4 is 4.74 Å². The summed E-state index contributed by atoms with van der Waals surface area (Å²) in [7, 11) is 0. The van der Waals surface area contributed by atoms with E-state index in [0.29, 0.717) is 11.5 Å². The van der Waals surface area contributed by atoms with Crippen LogP contribution in [-0.2, 0) is 9.47 Å². The molecule has 0 radical (unpaired) electrons. The zero-order valence-electron chi connectivity index (χ0n) is 17.2. The molecular formula is C25H24O5. The third-order valence-corrected chi connectivity index (χ3v) is 3.42. The van der Waals surface area contributed by atoms with Crippen molar-refractivity contribution >= 4 is 18.3 Å². The molecule has 30 heavy (non-hydrogen) atoms. The molecule has 154 valence electrons. The van der Waals surface area contributed by atoms with Crippen molar-refractivity contribution in [3.05, 3.63) is 95.8 Å². The molecule has 0 spiro atoms. The molecule has 2 aromatic carbocycles. The van der Waals surface area contributed by atoms with Gasteiger partial charge in [0.2, 0.25) is 0 Å². The maximum Gasteiger partial charge on any atom is 0.514 e. The maximum atomic E-state index is 11.7. The van der Waals surface area contributed by atoms with Gasteiger partial charge >= 0.3 is 6.16 Å². The monoisotopic (exact) mass is 404 g/mol. The Kier molecular flexibility index (Phi) is 7.90. The van der Waals surface area contributed by atoms with Gasteiger partial charge in [-0.3, -0.25) is 0 Å². The van der Waals surface area contributed by atoms with Crippen molar-refractivity contribution in [2.45, 2.75) is 26.4 Å². The minimum atomic E-state index is -0.748. The molecule has 0 aliphatic carbocycles. The number of carbonyl (C=O) groups excluding carboxylic acids is 1. The Labute approximate surface area is 176 Å². The van der Waals surface area contributed by atoms with Crippen LogP contribution in [0.5, 0.6) is 11.5 Å². The smallest absolute Gasteiger partial charge is 0.508 e. The number of rotatable bonds is 6. The maximum absolute atomic E-state index is 11.7. The van der Waals surface area contributed by atoms with E-state index in [1.54, 1.807) is 87.5 Å². The molecule has 2 rings (SSSR count). The second-order valence-corrected chi connectivity index (χ2v) is 7.12. The molecule has 0 unspecified atom stereocenters. The lowest BCUT2D eigenvalue weighted by Crippen LogP contribution is -2.25. The lowest BCUT2D eigenvalue weighted by Gasteiger charge is -2.18. The predicted octanol–water partition coefficient (Wildman–Crippen LogP) is 6.23. The van der Waals surface area contributed by atoms with E-state index < -0.39 is 11.8 Å². The number of hydrogen-bond donors (Lipinski definition) is 1. The van der Waals surface area contributed by atoms with E-state index in [-0.39, 0.29) is 5.75 Å². The second-order valence-electron chi connectivity index (χ2n) is 7.12. The summed E-state index contributed by atoms with van der Waals surface area (Å²) in [6, 6.07) is 13.6. The molecule has 2 aromatic rings. The number of benzene rings is 2. The third-order valence-electron chi connectivity index (χ3n) is 3.42. The predicted molar refractivity (Wildman–Crippen MR) is 117 cm³/mol. The Morgan fingerprint density at radius 2 is 1.60 bits per heavy atom. The number of hydrogen-bond acceptors (Lipinski definition) is 5. The largest absolute Gasteiger partial charge is 0.514 e. The Morgan fingerprint density at radius 3 is 2.20 bits per heavy atom. The Hall–Kier alpha value is -3.91. The van der Waals surface area contributed by atoms with Crippen LogP contribution in [0.3, 0.4) is 0 Å². The Bertz CT molecular complexity index is 993. The first-order valence-corrected chi connectivity index (χ1v) is 9.22. The van der Waals surface area contributed by atoms with Crippen LogP contribution in [-0.4, -0.2) is 16.9 Å². The highest BCUT2D eigenvalue weighted by Crippen LogP contribution is 2.16. The van der Waals surface area contributed by atoms with Crippen molar-refractivity contribution < 1.29 is 24.1 Å². The molecule has 0 bridgehead atoms. The number of carbonyl (C=O) groups is 1. The normalized spacial score (nSPS) is 9.97. The van der Waals surface area contributed by atoms with Crippen LogP contribution in [0.2, 0.25) is 0 Å². The fraction of sp³-hybridized carbons (Fsp3) is 0.160. The van der Waals surface area contributed by atoms with E-state index in [2.05, 4.69) is 18.0 Å². The number of ether oxygens (including phenoxy) is 3. The molecule has 0 aliphatic rings. The molecule has 0 aliphatic heterocycles.